The molecule has 32 heavy (non-hydrogen) atoms. The maximum absolute atomic E-state index is 13.5. The van der Waals surface area contributed by atoms with Gasteiger partial charge in [-0.3, -0.25) is 9.88 Å². The minimum atomic E-state index is -0.836. The van der Waals surface area contributed by atoms with Crippen LogP contribution in [0.25, 0.3) is 17.2 Å². The average molecular weight is 437 g/mol. The molecule has 0 radical (unpaired) electrons. The average Bonchev–Trinajstić information content (AvgIpc) is 3.09. The van der Waals surface area contributed by atoms with Crippen LogP contribution in [0, 0.1) is 23.6 Å². The van der Waals surface area contributed by atoms with Crippen LogP contribution in [0.3, 0.4) is 0 Å². The van der Waals surface area contributed by atoms with E-state index in [0.717, 1.165) is 23.2 Å². The number of fused-ring (bicyclic) bond motifs is 1. The molecule has 2 aliphatic rings. The number of pyridine rings is 1. The van der Waals surface area contributed by atoms with E-state index in [4.69, 9.17) is 0 Å². The number of nitrogens with zero attached hydrogens (tertiary/aromatic N) is 2. The monoisotopic (exact) mass is 436 g/mol. The van der Waals surface area contributed by atoms with Crippen LogP contribution >= 0.6 is 0 Å². The van der Waals surface area contributed by atoms with Crippen molar-refractivity contribution in [2.45, 2.75) is 64.5 Å². The van der Waals surface area contributed by atoms with Crippen molar-refractivity contribution in [3.05, 3.63) is 60.2 Å². The molecule has 170 valence electrons. The molecule has 1 amide bonds. The zero-order valence-corrected chi connectivity index (χ0v) is 19.2. The Morgan fingerprint density at radius 2 is 1.94 bits per heavy atom. The van der Waals surface area contributed by atoms with Crippen molar-refractivity contribution < 1.29 is 14.3 Å². The fourth-order valence-corrected chi connectivity index (χ4v) is 5.82. The summed E-state index contributed by atoms with van der Waals surface area (Å²) in [5, 5.41) is 10.0. The molecule has 1 aromatic heterocycles. The van der Waals surface area contributed by atoms with E-state index >= 15 is 0 Å². The molecule has 4 nitrogen and oxygen atoms in total. The second kappa shape index (κ2) is 9.05. The van der Waals surface area contributed by atoms with Gasteiger partial charge in [-0.25, -0.2) is 9.18 Å². The molecule has 1 heterocycles. The lowest BCUT2D eigenvalue weighted by Crippen LogP contribution is -2.52. The van der Waals surface area contributed by atoms with E-state index < -0.39 is 11.6 Å². The highest BCUT2D eigenvalue weighted by atomic mass is 19.1. The van der Waals surface area contributed by atoms with Crippen LogP contribution in [-0.2, 0) is 0 Å². The van der Waals surface area contributed by atoms with Crippen LogP contribution in [0.4, 0.5) is 9.18 Å². The maximum Gasteiger partial charge on any atom is 0.408 e. The molecule has 1 aromatic carbocycles. The van der Waals surface area contributed by atoms with Crippen molar-refractivity contribution in [3.8, 4) is 11.1 Å². The molecule has 1 N–H and O–H groups in total. The first-order chi connectivity index (χ1) is 15.2. The molecule has 5 heteroatoms. The van der Waals surface area contributed by atoms with E-state index in [1.165, 1.54) is 37.8 Å². The van der Waals surface area contributed by atoms with Crippen molar-refractivity contribution in [1.29, 1.82) is 0 Å². The summed E-state index contributed by atoms with van der Waals surface area (Å²) in [4.78, 5) is 18.5. The highest BCUT2D eigenvalue weighted by Gasteiger charge is 2.48. The fraction of sp³-hybridized carbons (Fsp3) is 0.481. The smallest absolute Gasteiger partial charge is 0.408 e. The number of amides is 1. The molecule has 2 aromatic rings. The quantitative estimate of drug-likeness (QED) is 0.569. The zero-order chi connectivity index (χ0) is 22.9. The minimum absolute atomic E-state index is 0.0107. The standard InChI is InChI=1S/C27H33FN2O2/c1-27(2,3)30(26(31)32)25-16-19-7-4-5-10-23(19)24(25)14-13-22-12-11-20(17-29-22)18-8-6-9-21(28)15-18/h6,8-9,11-15,17,19,23-25H,4-5,7,10,16H2,1-3H3,(H,31,32)/t19-,23-,24?,25?/m1/s1. The van der Waals surface area contributed by atoms with E-state index in [-0.39, 0.29) is 17.8 Å². The molecule has 4 atom stereocenters. The largest absolute Gasteiger partial charge is 0.465 e. The van der Waals surface area contributed by atoms with Gasteiger partial charge in [-0.15, -0.1) is 0 Å². The van der Waals surface area contributed by atoms with Gasteiger partial charge in [0.05, 0.1) is 5.69 Å². The van der Waals surface area contributed by atoms with Crippen LogP contribution < -0.4 is 0 Å². The van der Waals surface area contributed by atoms with Gasteiger partial charge >= 0.3 is 6.09 Å². The van der Waals surface area contributed by atoms with E-state index in [9.17, 15) is 14.3 Å². The molecule has 2 saturated carbocycles. The van der Waals surface area contributed by atoms with Crippen molar-refractivity contribution in [1.82, 2.24) is 9.88 Å². The predicted octanol–water partition coefficient (Wildman–Crippen LogP) is 6.87. The number of carboxylic acid groups (broad SMARTS) is 1. The highest BCUT2D eigenvalue weighted by molar-refractivity contribution is 5.67. The third-order valence-corrected chi connectivity index (χ3v) is 7.14. The molecule has 2 fully saturated rings. The summed E-state index contributed by atoms with van der Waals surface area (Å²) < 4.78 is 13.5. The summed E-state index contributed by atoms with van der Waals surface area (Å²) in [6.45, 7) is 5.95. The minimum Gasteiger partial charge on any atom is -0.465 e. The molecular formula is C27H33FN2O2. The van der Waals surface area contributed by atoms with Crippen molar-refractivity contribution in [2.75, 3.05) is 0 Å². The van der Waals surface area contributed by atoms with Gasteiger partial charge in [-0.2, -0.15) is 0 Å². The summed E-state index contributed by atoms with van der Waals surface area (Å²) in [6, 6.07) is 10.4. The predicted molar refractivity (Wildman–Crippen MR) is 126 cm³/mol. The topological polar surface area (TPSA) is 53.4 Å². The lowest BCUT2D eigenvalue weighted by atomic mass is 9.77. The van der Waals surface area contributed by atoms with Crippen LogP contribution in [-0.4, -0.2) is 32.7 Å². The number of hydrogen-bond acceptors (Lipinski definition) is 2. The molecular weight excluding hydrogens is 403 g/mol. The number of carbonyl (C=O) groups is 1. The van der Waals surface area contributed by atoms with Gasteiger partial charge in [0, 0.05) is 29.3 Å². The molecule has 0 spiro atoms. The summed E-state index contributed by atoms with van der Waals surface area (Å²) in [5.41, 5.74) is 2.07. The first-order valence-electron chi connectivity index (χ1n) is 11.7. The Morgan fingerprint density at radius 3 is 2.59 bits per heavy atom. The van der Waals surface area contributed by atoms with Gasteiger partial charge in [-0.1, -0.05) is 43.5 Å². The van der Waals surface area contributed by atoms with Crippen LogP contribution in [0.1, 0.15) is 58.6 Å². The first-order valence-corrected chi connectivity index (χ1v) is 11.7. The van der Waals surface area contributed by atoms with Gasteiger partial charge in [0.25, 0.3) is 0 Å². The van der Waals surface area contributed by atoms with Gasteiger partial charge < -0.3 is 5.11 Å². The molecule has 0 aliphatic heterocycles. The lowest BCUT2D eigenvalue weighted by molar-refractivity contribution is 0.0598. The molecule has 0 saturated heterocycles. The second-order valence-electron chi connectivity index (χ2n) is 10.3. The summed E-state index contributed by atoms with van der Waals surface area (Å²) in [5.74, 6) is 1.06. The Balaban J connectivity index is 1.58. The Morgan fingerprint density at radius 1 is 1.16 bits per heavy atom. The summed E-state index contributed by atoms with van der Waals surface area (Å²) >= 11 is 0. The fourth-order valence-electron chi connectivity index (χ4n) is 5.82. The third-order valence-electron chi connectivity index (χ3n) is 7.14. The number of halogens is 1. The lowest BCUT2D eigenvalue weighted by Gasteiger charge is -2.40. The third kappa shape index (κ3) is 4.72. The number of hydrogen-bond donors (Lipinski definition) is 1. The van der Waals surface area contributed by atoms with Crippen LogP contribution in [0.5, 0.6) is 0 Å². The number of aromatic nitrogens is 1. The van der Waals surface area contributed by atoms with E-state index in [0.29, 0.717) is 11.8 Å². The molecule has 4 rings (SSSR count). The Labute approximate surface area is 190 Å². The summed E-state index contributed by atoms with van der Waals surface area (Å²) in [6.07, 6.45) is 10.9. The van der Waals surface area contributed by atoms with E-state index in [1.807, 2.05) is 45.0 Å². The van der Waals surface area contributed by atoms with Crippen molar-refractivity contribution in [2.24, 2.45) is 17.8 Å². The SMILES string of the molecule is CC(C)(C)N(C(=O)O)C1C[C@H]2CCCC[C@H]2C1C=Cc1ccc(-c2cccc(F)c2)cn1. The van der Waals surface area contributed by atoms with Gasteiger partial charge in [-0.05, 0) is 75.3 Å². The Kier molecular flexibility index (Phi) is 6.36. The molecule has 0 bridgehead atoms. The summed E-state index contributed by atoms with van der Waals surface area (Å²) in [7, 11) is 0. The van der Waals surface area contributed by atoms with Crippen LogP contribution in [0.15, 0.2) is 48.7 Å². The Bertz CT molecular complexity index is 980. The molecule has 2 aliphatic carbocycles. The van der Waals surface area contributed by atoms with Crippen molar-refractivity contribution >= 4 is 12.2 Å². The zero-order valence-electron chi connectivity index (χ0n) is 19.2. The van der Waals surface area contributed by atoms with Crippen molar-refractivity contribution in [3.63, 3.8) is 0 Å². The van der Waals surface area contributed by atoms with Crippen LogP contribution in [0.2, 0.25) is 0 Å². The van der Waals surface area contributed by atoms with E-state index in [2.05, 4.69) is 11.1 Å². The van der Waals surface area contributed by atoms with E-state index in [1.54, 1.807) is 17.2 Å². The first kappa shape index (κ1) is 22.5. The van der Waals surface area contributed by atoms with Gasteiger partial charge in [0.1, 0.15) is 5.82 Å². The maximum atomic E-state index is 13.5. The van der Waals surface area contributed by atoms with Gasteiger partial charge in [0.2, 0.25) is 0 Å². The molecule has 2 unspecified atom stereocenters. The van der Waals surface area contributed by atoms with Gasteiger partial charge in [0.15, 0.2) is 0 Å². The highest BCUT2D eigenvalue weighted by Crippen LogP contribution is 2.49. The number of rotatable bonds is 4. The second-order valence-corrected chi connectivity index (χ2v) is 10.3. The Hall–Kier alpha value is -2.69. The normalized spacial score (nSPS) is 25.6. The number of benzene rings is 1.